The van der Waals surface area contributed by atoms with Crippen molar-refractivity contribution >= 4 is 17.3 Å². The fourth-order valence-electron chi connectivity index (χ4n) is 3.46. The second kappa shape index (κ2) is 7.18. The predicted octanol–water partition coefficient (Wildman–Crippen LogP) is 3.17. The smallest absolute Gasteiger partial charge is 0.272 e. The molecule has 2 aromatic heterocycles. The minimum absolute atomic E-state index is 0.380. The zero-order valence-electron chi connectivity index (χ0n) is 15.4. The molecule has 0 saturated heterocycles. The highest BCUT2D eigenvalue weighted by atomic mass is 19.3. The Balaban J connectivity index is 1.57. The van der Waals surface area contributed by atoms with Crippen molar-refractivity contribution in [2.24, 2.45) is 0 Å². The van der Waals surface area contributed by atoms with Crippen molar-refractivity contribution in [2.45, 2.75) is 38.3 Å². The standard InChI is InChI=1S/C20H20F2N4O2/c1-13-8-14(2-3-17(13)28-11-18(21)22)9-26-10-15-16(25-26)4-7-23-19(15)20(5-6-20)24-12-27/h2-4,7-8,10,12,18H,5-6,9,11H2,1H3,(H,24,27). The van der Waals surface area contributed by atoms with E-state index < -0.39 is 13.0 Å². The summed E-state index contributed by atoms with van der Waals surface area (Å²) in [7, 11) is 0. The summed E-state index contributed by atoms with van der Waals surface area (Å²) in [6.45, 7) is 1.74. The van der Waals surface area contributed by atoms with Crippen LogP contribution in [0, 0.1) is 6.92 Å². The van der Waals surface area contributed by atoms with Gasteiger partial charge in [-0.3, -0.25) is 14.5 Å². The number of nitrogens with zero attached hydrogens (tertiary/aromatic N) is 3. The maximum Gasteiger partial charge on any atom is 0.272 e. The van der Waals surface area contributed by atoms with Crippen molar-refractivity contribution in [3.8, 4) is 5.75 Å². The summed E-state index contributed by atoms with van der Waals surface area (Å²) >= 11 is 0. The van der Waals surface area contributed by atoms with Crippen molar-refractivity contribution in [2.75, 3.05) is 6.61 Å². The van der Waals surface area contributed by atoms with Gasteiger partial charge in [-0.1, -0.05) is 12.1 Å². The number of pyridine rings is 1. The number of carbonyl (C=O) groups is 1. The Bertz CT molecular complexity index is 1010. The summed E-state index contributed by atoms with van der Waals surface area (Å²) in [5.41, 5.74) is 3.06. The van der Waals surface area contributed by atoms with Crippen LogP contribution in [0.4, 0.5) is 8.78 Å². The molecule has 1 aliphatic carbocycles. The minimum Gasteiger partial charge on any atom is -0.487 e. The third-order valence-corrected chi connectivity index (χ3v) is 4.97. The van der Waals surface area contributed by atoms with Crippen LogP contribution < -0.4 is 10.1 Å². The second-order valence-electron chi connectivity index (χ2n) is 7.07. The molecule has 0 aliphatic heterocycles. The quantitative estimate of drug-likeness (QED) is 0.604. The molecule has 0 spiro atoms. The molecule has 8 heteroatoms. The SMILES string of the molecule is Cc1cc(Cn2cc3c(C4(NC=O)CC4)nccc3n2)ccc1OCC(F)F. The van der Waals surface area contributed by atoms with Crippen LogP contribution in [0.15, 0.2) is 36.7 Å². The number of hydrogen-bond donors (Lipinski definition) is 1. The first kappa shape index (κ1) is 18.3. The molecule has 0 atom stereocenters. The van der Waals surface area contributed by atoms with E-state index in [2.05, 4.69) is 15.4 Å². The molecule has 1 saturated carbocycles. The Morgan fingerprint density at radius 3 is 2.86 bits per heavy atom. The first-order valence-corrected chi connectivity index (χ1v) is 9.05. The molecular formula is C20H20F2N4O2. The number of benzene rings is 1. The van der Waals surface area contributed by atoms with Crippen molar-refractivity contribution in [1.29, 1.82) is 0 Å². The van der Waals surface area contributed by atoms with Gasteiger partial charge in [0.05, 0.1) is 23.3 Å². The number of aryl methyl sites for hydroxylation is 1. The van der Waals surface area contributed by atoms with Crippen molar-refractivity contribution < 1.29 is 18.3 Å². The first-order valence-electron chi connectivity index (χ1n) is 9.05. The molecule has 1 aliphatic rings. The van der Waals surface area contributed by atoms with Crippen LogP contribution >= 0.6 is 0 Å². The molecule has 2 heterocycles. The molecular weight excluding hydrogens is 366 g/mol. The minimum atomic E-state index is -2.50. The van der Waals surface area contributed by atoms with E-state index in [0.29, 0.717) is 12.3 Å². The van der Waals surface area contributed by atoms with E-state index in [4.69, 9.17) is 4.74 Å². The number of carbonyl (C=O) groups excluding carboxylic acids is 1. The number of halogens is 2. The predicted molar refractivity (Wildman–Crippen MR) is 99.4 cm³/mol. The second-order valence-corrected chi connectivity index (χ2v) is 7.07. The van der Waals surface area contributed by atoms with E-state index in [9.17, 15) is 13.6 Å². The molecule has 4 rings (SSSR count). The lowest BCUT2D eigenvalue weighted by molar-refractivity contribution is -0.110. The van der Waals surface area contributed by atoms with Crippen LogP contribution in [0.1, 0.15) is 29.7 Å². The molecule has 3 aromatic rings. The van der Waals surface area contributed by atoms with E-state index in [-0.39, 0.29) is 5.54 Å². The third kappa shape index (κ3) is 3.54. The highest BCUT2D eigenvalue weighted by molar-refractivity contribution is 5.82. The van der Waals surface area contributed by atoms with Gasteiger partial charge in [-0.2, -0.15) is 5.10 Å². The van der Waals surface area contributed by atoms with Crippen molar-refractivity contribution in [1.82, 2.24) is 20.1 Å². The number of fused-ring (bicyclic) bond motifs is 1. The molecule has 0 radical (unpaired) electrons. The Morgan fingerprint density at radius 2 is 2.18 bits per heavy atom. The molecule has 6 nitrogen and oxygen atoms in total. The average Bonchev–Trinajstić information content (AvgIpc) is 3.31. The zero-order chi connectivity index (χ0) is 19.7. The Kier molecular flexibility index (Phi) is 4.70. The summed E-state index contributed by atoms with van der Waals surface area (Å²) in [4.78, 5) is 15.4. The third-order valence-electron chi connectivity index (χ3n) is 4.97. The summed E-state index contributed by atoms with van der Waals surface area (Å²) < 4.78 is 31.6. The maximum absolute atomic E-state index is 12.3. The molecule has 0 bridgehead atoms. The Hall–Kier alpha value is -3.03. The van der Waals surface area contributed by atoms with Crippen molar-refractivity contribution in [3.05, 3.63) is 53.5 Å². The van der Waals surface area contributed by atoms with E-state index >= 15 is 0 Å². The van der Waals surface area contributed by atoms with Crippen LogP contribution in [0.3, 0.4) is 0 Å². The highest BCUT2D eigenvalue weighted by Crippen LogP contribution is 2.46. The maximum atomic E-state index is 12.3. The van der Waals surface area contributed by atoms with E-state index in [0.717, 1.165) is 47.0 Å². The zero-order valence-corrected chi connectivity index (χ0v) is 15.4. The summed E-state index contributed by atoms with van der Waals surface area (Å²) in [5.74, 6) is 0.455. The Labute approximate surface area is 160 Å². The topological polar surface area (TPSA) is 69.0 Å². The number of hydrogen-bond acceptors (Lipinski definition) is 4. The number of alkyl halides is 2. The molecule has 146 valence electrons. The van der Waals surface area contributed by atoms with Gasteiger partial charge in [-0.25, -0.2) is 8.78 Å². The molecule has 28 heavy (non-hydrogen) atoms. The van der Waals surface area contributed by atoms with Gasteiger partial charge in [0.1, 0.15) is 12.4 Å². The van der Waals surface area contributed by atoms with Gasteiger partial charge in [0, 0.05) is 17.8 Å². The van der Waals surface area contributed by atoms with Gasteiger partial charge in [-0.05, 0) is 43.0 Å². The van der Waals surface area contributed by atoms with Gasteiger partial charge in [0.15, 0.2) is 0 Å². The summed E-state index contributed by atoms with van der Waals surface area (Å²) in [5, 5.41) is 8.42. The molecule has 0 unspecified atom stereocenters. The van der Waals surface area contributed by atoms with E-state index in [1.165, 1.54) is 0 Å². The van der Waals surface area contributed by atoms with Gasteiger partial charge in [0.25, 0.3) is 6.43 Å². The molecule has 1 N–H and O–H groups in total. The lowest BCUT2D eigenvalue weighted by Crippen LogP contribution is -2.28. The fraction of sp³-hybridized carbons (Fsp3) is 0.350. The van der Waals surface area contributed by atoms with E-state index in [1.807, 2.05) is 36.0 Å². The fourth-order valence-corrected chi connectivity index (χ4v) is 3.46. The van der Waals surface area contributed by atoms with Crippen LogP contribution in [-0.4, -0.2) is 34.2 Å². The van der Waals surface area contributed by atoms with Crippen LogP contribution in [0.25, 0.3) is 10.9 Å². The monoisotopic (exact) mass is 386 g/mol. The van der Waals surface area contributed by atoms with Gasteiger partial charge < -0.3 is 10.1 Å². The van der Waals surface area contributed by atoms with Crippen LogP contribution in [0.5, 0.6) is 5.75 Å². The van der Waals surface area contributed by atoms with Gasteiger partial charge >= 0.3 is 0 Å². The molecule has 1 fully saturated rings. The van der Waals surface area contributed by atoms with Crippen molar-refractivity contribution in [3.63, 3.8) is 0 Å². The van der Waals surface area contributed by atoms with Crippen LogP contribution in [-0.2, 0) is 16.9 Å². The number of ether oxygens (including phenoxy) is 1. The largest absolute Gasteiger partial charge is 0.487 e. The Morgan fingerprint density at radius 1 is 1.36 bits per heavy atom. The number of aromatic nitrogens is 3. The molecule has 1 amide bonds. The lowest BCUT2D eigenvalue weighted by Gasteiger charge is -2.13. The van der Waals surface area contributed by atoms with Gasteiger partial charge in [-0.15, -0.1) is 0 Å². The lowest BCUT2D eigenvalue weighted by atomic mass is 10.1. The first-order chi connectivity index (χ1) is 13.5. The highest BCUT2D eigenvalue weighted by Gasteiger charge is 2.46. The van der Waals surface area contributed by atoms with Crippen LogP contribution in [0.2, 0.25) is 0 Å². The number of nitrogens with one attached hydrogen (secondary N) is 1. The van der Waals surface area contributed by atoms with Gasteiger partial charge in [0.2, 0.25) is 6.41 Å². The summed E-state index contributed by atoms with van der Waals surface area (Å²) in [6, 6.07) is 7.30. The normalized spacial score (nSPS) is 15.0. The van der Waals surface area contributed by atoms with E-state index in [1.54, 1.807) is 12.3 Å². The number of amides is 1. The molecule has 1 aromatic carbocycles. The number of rotatable bonds is 8. The average molecular weight is 386 g/mol. The summed E-state index contributed by atoms with van der Waals surface area (Å²) in [6.07, 6.45) is 3.59.